The molecule has 0 aliphatic carbocycles. The molecule has 1 aromatic rings. The highest BCUT2D eigenvalue weighted by Crippen LogP contribution is 2.72. The minimum Gasteiger partial charge on any atom is -0.394 e. The molecule has 3 fully saturated rings. The van der Waals surface area contributed by atoms with Crippen molar-refractivity contribution in [1.82, 2.24) is 14.7 Å². The van der Waals surface area contributed by atoms with Crippen LogP contribution in [0.2, 0.25) is 0 Å². The number of benzene rings is 1. The molecule has 0 radical (unpaired) electrons. The summed E-state index contributed by atoms with van der Waals surface area (Å²) in [6, 6.07) is 8.47. The molecule has 0 aromatic heterocycles. The van der Waals surface area contributed by atoms with Crippen LogP contribution in [-0.2, 0) is 20.8 Å². The van der Waals surface area contributed by atoms with Crippen molar-refractivity contribution in [3.05, 3.63) is 61.2 Å². The quantitative estimate of drug-likeness (QED) is 0.312. The molecule has 3 amide bonds. The van der Waals surface area contributed by atoms with Gasteiger partial charge in [0.15, 0.2) is 0 Å². The number of hydrogen-bond acceptors (Lipinski definition) is 5. The molecule has 6 atom stereocenters. The smallest absolute Gasteiger partial charge is 0.247 e. The average molecular weight is 582 g/mol. The summed E-state index contributed by atoms with van der Waals surface area (Å²) in [7, 11) is 0. The number of hydrogen-bond donors (Lipinski definition) is 1. The summed E-state index contributed by atoms with van der Waals surface area (Å²) in [5, 5.41) is 10.7. The van der Waals surface area contributed by atoms with Crippen LogP contribution in [0.5, 0.6) is 0 Å². The first-order valence-corrected chi connectivity index (χ1v) is 16.0. The van der Waals surface area contributed by atoms with Gasteiger partial charge in [-0.05, 0) is 44.6 Å². The van der Waals surface area contributed by atoms with Gasteiger partial charge >= 0.3 is 0 Å². The SMILES string of the molecule is C=CCN(CCCC)C(=O)C1N([C@@H](CO)Cc2ccccc2)C(=O)[C@@H]2[C@H](C(=O)N(CC=C)CCC)[C@]3(C)CCC12S3. The van der Waals surface area contributed by atoms with E-state index >= 15 is 0 Å². The number of nitrogens with zero attached hydrogens (tertiary/aromatic N) is 3. The van der Waals surface area contributed by atoms with Crippen molar-refractivity contribution >= 4 is 29.5 Å². The molecule has 1 spiro atoms. The molecule has 3 aliphatic rings. The third kappa shape index (κ3) is 5.62. The summed E-state index contributed by atoms with van der Waals surface area (Å²) in [5.41, 5.74) is 0.991. The van der Waals surface area contributed by atoms with Crippen LogP contribution in [0.15, 0.2) is 55.6 Å². The molecular weight excluding hydrogens is 534 g/mol. The topological polar surface area (TPSA) is 81.2 Å². The van der Waals surface area contributed by atoms with E-state index in [-0.39, 0.29) is 24.3 Å². The summed E-state index contributed by atoms with van der Waals surface area (Å²) < 4.78 is -1.15. The van der Waals surface area contributed by atoms with Crippen molar-refractivity contribution < 1.29 is 19.5 Å². The molecule has 7 nitrogen and oxygen atoms in total. The molecule has 1 N–H and O–H groups in total. The fourth-order valence-electron chi connectivity index (χ4n) is 7.43. The maximum atomic E-state index is 14.7. The van der Waals surface area contributed by atoms with Crippen LogP contribution in [0.1, 0.15) is 58.4 Å². The second kappa shape index (κ2) is 13.2. The summed E-state index contributed by atoms with van der Waals surface area (Å²) in [4.78, 5) is 48.9. The Morgan fingerprint density at radius 3 is 2.32 bits per heavy atom. The lowest BCUT2D eigenvalue weighted by Gasteiger charge is -2.39. The van der Waals surface area contributed by atoms with E-state index in [4.69, 9.17) is 0 Å². The van der Waals surface area contributed by atoms with E-state index in [1.54, 1.807) is 28.8 Å². The Kier molecular flexibility index (Phi) is 10.1. The first kappa shape index (κ1) is 31.4. The highest BCUT2D eigenvalue weighted by molar-refractivity contribution is 8.02. The van der Waals surface area contributed by atoms with Gasteiger partial charge in [-0.15, -0.1) is 24.9 Å². The zero-order valence-electron chi connectivity index (χ0n) is 25.0. The van der Waals surface area contributed by atoms with Crippen molar-refractivity contribution in [2.75, 3.05) is 32.8 Å². The number of aliphatic hydroxyl groups is 1. The van der Waals surface area contributed by atoms with E-state index in [2.05, 4.69) is 27.0 Å². The Morgan fingerprint density at radius 2 is 1.73 bits per heavy atom. The van der Waals surface area contributed by atoms with E-state index in [9.17, 15) is 19.5 Å². The first-order chi connectivity index (χ1) is 19.7. The lowest BCUT2D eigenvalue weighted by atomic mass is 9.66. The number of amides is 3. The monoisotopic (exact) mass is 581 g/mol. The number of likely N-dealkylation sites (tertiary alicyclic amines) is 1. The van der Waals surface area contributed by atoms with E-state index < -0.39 is 33.4 Å². The van der Waals surface area contributed by atoms with Crippen LogP contribution in [0.25, 0.3) is 0 Å². The number of carbonyl (C=O) groups is 3. The molecule has 3 saturated heterocycles. The van der Waals surface area contributed by atoms with Gasteiger partial charge in [-0.3, -0.25) is 14.4 Å². The Balaban J connectivity index is 1.81. The maximum absolute atomic E-state index is 14.7. The molecule has 2 bridgehead atoms. The molecule has 41 heavy (non-hydrogen) atoms. The third-order valence-electron chi connectivity index (χ3n) is 9.23. The molecule has 8 heteroatoms. The van der Waals surface area contributed by atoms with Crippen molar-refractivity contribution in [2.24, 2.45) is 11.8 Å². The standard InChI is InChI=1S/C33H47N3O4S/c1-6-10-21-35(20-9-4)31(40)28-33-17-16-32(5,41-33)26(29(38)34(18-7-2)19-8-3)27(33)30(39)36(28)25(23-37)22-24-14-12-11-13-15-24/h7,9,11-15,25-28,37H,2,4,6,8,10,16-23H2,1,3,5H3/t25-,26-,27+,28?,32+,33?/m1/s1. The van der Waals surface area contributed by atoms with E-state index in [1.165, 1.54) is 0 Å². The number of carbonyl (C=O) groups excluding carboxylic acids is 3. The normalized spacial score (nSPS) is 28.8. The molecule has 1 aromatic carbocycles. The minimum absolute atomic E-state index is 0.0211. The van der Waals surface area contributed by atoms with Gasteiger partial charge in [-0.1, -0.05) is 62.8 Å². The van der Waals surface area contributed by atoms with Crippen molar-refractivity contribution in [2.45, 2.75) is 80.9 Å². The van der Waals surface area contributed by atoms with Crippen molar-refractivity contribution in [3.8, 4) is 0 Å². The maximum Gasteiger partial charge on any atom is 0.247 e. The Bertz CT molecular complexity index is 1130. The lowest BCUT2D eigenvalue weighted by Crippen LogP contribution is -2.58. The highest BCUT2D eigenvalue weighted by atomic mass is 32.2. The largest absolute Gasteiger partial charge is 0.394 e. The predicted octanol–water partition coefficient (Wildman–Crippen LogP) is 4.31. The van der Waals surface area contributed by atoms with E-state index in [0.29, 0.717) is 39.0 Å². The molecular formula is C33H47N3O4S. The first-order valence-electron chi connectivity index (χ1n) is 15.2. The summed E-state index contributed by atoms with van der Waals surface area (Å²) in [6.45, 7) is 15.7. The van der Waals surface area contributed by atoms with Crippen LogP contribution in [0.3, 0.4) is 0 Å². The zero-order chi connectivity index (χ0) is 29.8. The molecule has 3 heterocycles. The Morgan fingerprint density at radius 1 is 1.07 bits per heavy atom. The number of aliphatic hydroxyl groups excluding tert-OH is 1. The van der Waals surface area contributed by atoms with Crippen LogP contribution in [-0.4, -0.2) is 91.9 Å². The second-order valence-electron chi connectivity index (χ2n) is 12.0. The van der Waals surface area contributed by atoms with Gasteiger partial charge in [0.2, 0.25) is 17.7 Å². The molecule has 4 rings (SSSR count). The highest BCUT2D eigenvalue weighted by Gasteiger charge is 2.78. The zero-order valence-corrected chi connectivity index (χ0v) is 25.8. The van der Waals surface area contributed by atoms with Crippen LogP contribution >= 0.6 is 11.8 Å². The average Bonchev–Trinajstić information content (AvgIpc) is 3.54. The number of fused-ring (bicyclic) bond motifs is 1. The third-order valence-corrected chi connectivity index (χ3v) is 11.2. The van der Waals surface area contributed by atoms with Gasteiger partial charge in [0, 0.05) is 30.9 Å². The van der Waals surface area contributed by atoms with E-state index in [0.717, 1.165) is 31.2 Å². The molecule has 3 aliphatic heterocycles. The summed E-state index contributed by atoms with van der Waals surface area (Å²) in [5.74, 6) is -1.43. The van der Waals surface area contributed by atoms with Crippen molar-refractivity contribution in [1.29, 1.82) is 0 Å². The van der Waals surface area contributed by atoms with Gasteiger partial charge in [-0.2, -0.15) is 0 Å². The van der Waals surface area contributed by atoms with Gasteiger partial charge in [0.1, 0.15) is 6.04 Å². The summed E-state index contributed by atoms with van der Waals surface area (Å²) >= 11 is 1.69. The second-order valence-corrected chi connectivity index (χ2v) is 13.9. The van der Waals surface area contributed by atoms with Gasteiger partial charge < -0.3 is 19.8 Å². The van der Waals surface area contributed by atoms with Crippen molar-refractivity contribution in [3.63, 3.8) is 0 Å². The number of thioether (sulfide) groups is 1. The van der Waals surface area contributed by atoms with E-state index in [1.807, 2.05) is 47.1 Å². The molecule has 224 valence electrons. The fraction of sp³-hybridized carbons (Fsp3) is 0.606. The van der Waals surface area contributed by atoms with Crippen LogP contribution in [0.4, 0.5) is 0 Å². The van der Waals surface area contributed by atoms with Gasteiger partial charge in [-0.25, -0.2) is 0 Å². The number of unbranched alkanes of at least 4 members (excludes halogenated alkanes) is 1. The lowest BCUT2D eigenvalue weighted by molar-refractivity contribution is -0.147. The Labute approximate surface area is 250 Å². The predicted molar refractivity (Wildman–Crippen MR) is 165 cm³/mol. The number of rotatable bonds is 15. The molecule has 0 saturated carbocycles. The van der Waals surface area contributed by atoms with Gasteiger partial charge in [0.05, 0.1) is 29.2 Å². The summed E-state index contributed by atoms with van der Waals surface area (Å²) in [6.07, 6.45) is 7.97. The van der Waals surface area contributed by atoms with Crippen LogP contribution in [0, 0.1) is 11.8 Å². The van der Waals surface area contributed by atoms with Crippen LogP contribution < -0.4 is 0 Å². The molecule has 2 unspecified atom stereocenters. The Hall–Kier alpha value is -2.58. The van der Waals surface area contributed by atoms with Gasteiger partial charge in [0.25, 0.3) is 0 Å². The minimum atomic E-state index is -0.749. The fourth-order valence-corrected chi connectivity index (χ4v) is 9.76.